The average molecular weight is 422 g/mol. The predicted octanol–water partition coefficient (Wildman–Crippen LogP) is 4.57. The van der Waals surface area contributed by atoms with Crippen LogP contribution < -0.4 is 11.1 Å². The first kappa shape index (κ1) is 20.3. The first-order chi connectivity index (χ1) is 13.3. The fraction of sp³-hybridized carbons (Fsp3) is 0.368. The Labute approximate surface area is 171 Å². The van der Waals surface area contributed by atoms with E-state index in [4.69, 9.17) is 17.3 Å². The highest BCUT2D eigenvalue weighted by atomic mass is 35.5. The largest absolute Gasteiger partial charge is 0.365 e. The third-order valence-electron chi connectivity index (χ3n) is 4.95. The summed E-state index contributed by atoms with van der Waals surface area (Å²) in [4.78, 5) is 36.0. The van der Waals surface area contributed by atoms with E-state index in [1.807, 2.05) is 0 Å². The highest BCUT2D eigenvalue weighted by Crippen LogP contribution is 2.40. The topological polar surface area (TPSA) is 115 Å². The van der Waals surface area contributed by atoms with Gasteiger partial charge in [0.15, 0.2) is 0 Å². The molecule has 1 aliphatic rings. The number of anilines is 1. The summed E-state index contributed by atoms with van der Waals surface area (Å²) < 4.78 is 0. The van der Waals surface area contributed by atoms with Crippen LogP contribution in [0.15, 0.2) is 18.2 Å². The maximum atomic E-state index is 12.7. The van der Waals surface area contributed by atoms with Crippen LogP contribution in [0.5, 0.6) is 0 Å². The Morgan fingerprint density at radius 1 is 1.43 bits per heavy atom. The lowest BCUT2D eigenvalue weighted by atomic mass is 9.84. The van der Waals surface area contributed by atoms with Crippen LogP contribution in [-0.2, 0) is 12.8 Å². The van der Waals surface area contributed by atoms with Gasteiger partial charge in [0, 0.05) is 17.0 Å². The standard InChI is InChI=1S/C19H20ClN3O4S/c1-2-3-10-4-6-13-15(8-10)28-19(16(13)17(21)24)22-18(25)12-7-5-11(23(26)27)9-14(12)20/h5,7,9-10H,2-4,6,8H2,1H3,(H2,21,24)(H,22,25)/t10-/m0/s1. The minimum absolute atomic E-state index is 0.0309. The number of nitrogens with one attached hydrogen (secondary N) is 1. The molecule has 148 valence electrons. The first-order valence-corrected chi connectivity index (χ1v) is 10.2. The predicted molar refractivity (Wildman–Crippen MR) is 109 cm³/mol. The van der Waals surface area contributed by atoms with Crippen molar-refractivity contribution in [3.8, 4) is 0 Å². The van der Waals surface area contributed by atoms with Crippen molar-refractivity contribution in [2.75, 3.05) is 5.32 Å². The van der Waals surface area contributed by atoms with Crippen LogP contribution >= 0.6 is 22.9 Å². The molecule has 0 saturated heterocycles. The molecule has 3 rings (SSSR count). The van der Waals surface area contributed by atoms with Crippen LogP contribution in [0.4, 0.5) is 10.7 Å². The van der Waals surface area contributed by atoms with E-state index in [9.17, 15) is 19.7 Å². The SMILES string of the molecule is CCC[C@H]1CCc2c(sc(NC(=O)c3ccc([N+](=O)[O-])cc3Cl)c2C(N)=O)C1. The van der Waals surface area contributed by atoms with Crippen molar-refractivity contribution in [2.24, 2.45) is 11.7 Å². The van der Waals surface area contributed by atoms with Crippen LogP contribution in [0.1, 0.15) is 57.3 Å². The molecule has 0 saturated carbocycles. The van der Waals surface area contributed by atoms with Crippen LogP contribution in [0.3, 0.4) is 0 Å². The van der Waals surface area contributed by atoms with Gasteiger partial charge in [0.25, 0.3) is 17.5 Å². The minimum Gasteiger partial charge on any atom is -0.365 e. The van der Waals surface area contributed by atoms with Crippen molar-refractivity contribution in [3.63, 3.8) is 0 Å². The zero-order valence-electron chi connectivity index (χ0n) is 15.3. The number of nitro groups is 1. The second-order valence-corrected chi connectivity index (χ2v) is 8.36. The Balaban J connectivity index is 1.89. The Hall–Kier alpha value is -2.45. The number of primary amides is 1. The van der Waals surface area contributed by atoms with Gasteiger partial charge in [-0.3, -0.25) is 19.7 Å². The summed E-state index contributed by atoms with van der Waals surface area (Å²) in [7, 11) is 0. The number of nitro benzene ring substituents is 1. The second-order valence-electron chi connectivity index (χ2n) is 6.85. The zero-order valence-corrected chi connectivity index (χ0v) is 16.9. The number of thiophene rings is 1. The number of amides is 2. The smallest absolute Gasteiger partial charge is 0.270 e. The number of hydrogen-bond donors (Lipinski definition) is 2. The monoisotopic (exact) mass is 421 g/mol. The minimum atomic E-state index is -0.585. The summed E-state index contributed by atoms with van der Waals surface area (Å²) in [5.74, 6) is -0.535. The average Bonchev–Trinajstić information content (AvgIpc) is 2.98. The third-order valence-corrected chi connectivity index (χ3v) is 6.43. The lowest BCUT2D eigenvalue weighted by Crippen LogP contribution is -2.20. The van der Waals surface area contributed by atoms with Gasteiger partial charge >= 0.3 is 0 Å². The quantitative estimate of drug-likeness (QED) is 0.525. The molecule has 1 aromatic heterocycles. The molecule has 0 unspecified atom stereocenters. The highest BCUT2D eigenvalue weighted by molar-refractivity contribution is 7.17. The van der Waals surface area contributed by atoms with Crippen molar-refractivity contribution in [1.82, 2.24) is 0 Å². The lowest BCUT2D eigenvalue weighted by Gasteiger charge is -2.21. The Morgan fingerprint density at radius 3 is 2.79 bits per heavy atom. The molecule has 0 fully saturated rings. The van der Waals surface area contributed by atoms with Gasteiger partial charge in [-0.25, -0.2) is 0 Å². The number of nitrogens with zero attached hydrogens (tertiary/aromatic N) is 1. The Morgan fingerprint density at radius 2 is 2.18 bits per heavy atom. The number of carbonyl (C=O) groups is 2. The molecular formula is C19H20ClN3O4S. The zero-order chi connectivity index (χ0) is 20.4. The number of benzene rings is 1. The van der Waals surface area contributed by atoms with Crippen molar-refractivity contribution in [2.45, 2.75) is 39.0 Å². The molecule has 2 amide bonds. The van der Waals surface area contributed by atoms with Gasteiger partial charge in [-0.05, 0) is 36.8 Å². The van der Waals surface area contributed by atoms with Crippen molar-refractivity contribution in [1.29, 1.82) is 0 Å². The molecule has 28 heavy (non-hydrogen) atoms. The van der Waals surface area contributed by atoms with E-state index in [2.05, 4.69) is 12.2 Å². The summed E-state index contributed by atoms with van der Waals surface area (Å²) in [5.41, 5.74) is 6.77. The molecule has 3 N–H and O–H groups in total. The van der Waals surface area contributed by atoms with Crippen LogP contribution in [0.2, 0.25) is 5.02 Å². The molecule has 0 aliphatic heterocycles. The number of nitrogens with two attached hydrogens (primary N) is 1. The van der Waals surface area contributed by atoms with Gasteiger partial charge in [0.2, 0.25) is 0 Å². The molecule has 0 radical (unpaired) electrons. The Kier molecular flexibility index (Phi) is 6.00. The van der Waals surface area contributed by atoms with E-state index < -0.39 is 16.7 Å². The number of hydrogen-bond acceptors (Lipinski definition) is 5. The van der Waals surface area contributed by atoms with Crippen molar-refractivity contribution < 1.29 is 14.5 Å². The van der Waals surface area contributed by atoms with Crippen LogP contribution in [0.25, 0.3) is 0 Å². The molecule has 1 atom stereocenters. The van der Waals surface area contributed by atoms with Crippen molar-refractivity contribution >= 4 is 45.4 Å². The van der Waals surface area contributed by atoms with E-state index in [0.29, 0.717) is 16.5 Å². The second kappa shape index (κ2) is 8.28. The number of carbonyl (C=O) groups excluding carboxylic acids is 2. The Bertz CT molecular complexity index is 957. The third kappa shape index (κ3) is 4.02. The first-order valence-electron chi connectivity index (χ1n) is 9.01. The fourth-order valence-corrected chi connectivity index (χ4v) is 5.25. The van der Waals surface area contributed by atoms with E-state index >= 15 is 0 Å². The van der Waals surface area contributed by atoms with E-state index in [-0.39, 0.29) is 16.3 Å². The van der Waals surface area contributed by atoms with E-state index in [1.54, 1.807) is 0 Å². The number of fused-ring (bicyclic) bond motifs is 1. The maximum absolute atomic E-state index is 12.7. The summed E-state index contributed by atoms with van der Waals surface area (Å²) in [5, 5.41) is 13.9. The number of rotatable bonds is 6. The van der Waals surface area contributed by atoms with Crippen LogP contribution in [-0.4, -0.2) is 16.7 Å². The molecule has 1 aromatic carbocycles. The van der Waals surface area contributed by atoms with Gasteiger partial charge in [-0.1, -0.05) is 31.4 Å². The van der Waals surface area contributed by atoms with Gasteiger partial charge < -0.3 is 11.1 Å². The lowest BCUT2D eigenvalue weighted by molar-refractivity contribution is -0.384. The molecule has 1 heterocycles. The van der Waals surface area contributed by atoms with Gasteiger partial charge in [-0.2, -0.15) is 0 Å². The number of halogens is 1. The number of non-ortho nitro benzene ring substituents is 1. The molecule has 1 aliphatic carbocycles. The normalized spacial score (nSPS) is 15.7. The summed E-state index contributed by atoms with van der Waals surface area (Å²) in [6, 6.07) is 3.63. The molecule has 7 nitrogen and oxygen atoms in total. The van der Waals surface area contributed by atoms with E-state index in [1.165, 1.54) is 23.5 Å². The van der Waals surface area contributed by atoms with Gasteiger partial charge in [0.05, 0.1) is 21.1 Å². The molecular weight excluding hydrogens is 402 g/mol. The van der Waals surface area contributed by atoms with Crippen LogP contribution in [0, 0.1) is 16.0 Å². The molecule has 0 spiro atoms. The van der Waals surface area contributed by atoms with Crippen molar-refractivity contribution in [3.05, 3.63) is 54.9 Å². The van der Waals surface area contributed by atoms with Gasteiger partial charge in [0.1, 0.15) is 5.00 Å². The highest BCUT2D eigenvalue weighted by Gasteiger charge is 2.29. The van der Waals surface area contributed by atoms with Gasteiger partial charge in [-0.15, -0.1) is 11.3 Å². The molecule has 2 aromatic rings. The molecule has 9 heteroatoms. The summed E-state index contributed by atoms with van der Waals surface area (Å²) in [6.07, 6.45) is 4.88. The summed E-state index contributed by atoms with van der Waals surface area (Å²) in [6.45, 7) is 2.15. The van der Waals surface area contributed by atoms with E-state index in [0.717, 1.165) is 48.6 Å². The molecule has 0 bridgehead atoms. The fourth-order valence-electron chi connectivity index (χ4n) is 3.63. The maximum Gasteiger partial charge on any atom is 0.270 e. The summed E-state index contributed by atoms with van der Waals surface area (Å²) >= 11 is 7.41.